The molecule has 2 N–H and O–H groups in total. The fraction of sp³-hybridized carbons (Fsp3) is 0.261. The van der Waals surface area contributed by atoms with Crippen LogP contribution in [0.5, 0.6) is 0 Å². The number of nitro benzene ring substituents is 1. The lowest BCUT2D eigenvalue weighted by atomic mass is 9.91. The molecule has 2 rings (SSSR count). The summed E-state index contributed by atoms with van der Waals surface area (Å²) in [5, 5.41) is 36.1. The number of benzene rings is 2. The van der Waals surface area contributed by atoms with Crippen molar-refractivity contribution in [3.63, 3.8) is 0 Å². The van der Waals surface area contributed by atoms with Gasteiger partial charge >= 0.3 is 6.09 Å². The van der Waals surface area contributed by atoms with Crippen LogP contribution in [0.2, 0.25) is 0 Å². The Morgan fingerprint density at radius 2 is 1.91 bits per heavy atom. The molecular weight excluding hydrogens is 440 g/mol. The van der Waals surface area contributed by atoms with Gasteiger partial charge in [0.1, 0.15) is 5.92 Å². The third kappa shape index (κ3) is 7.73. The molecule has 0 saturated heterocycles. The first-order valence-corrected chi connectivity index (χ1v) is 10.2. The van der Waals surface area contributed by atoms with Gasteiger partial charge in [0.05, 0.1) is 36.3 Å². The molecule has 0 heterocycles. The maximum Gasteiger partial charge on any atom is 0.427 e. The largest absolute Gasteiger partial charge is 0.452 e. The Morgan fingerprint density at radius 1 is 1.18 bits per heavy atom. The number of methoxy groups -OCH3 is 1. The number of hydrogen-bond donors (Lipinski definition) is 2. The van der Waals surface area contributed by atoms with E-state index in [1.54, 1.807) is 30.3 Å². The van der Waals surface area contributed by atoms with Crippen LogP contribution in [0.15, 0.2) is 53.6 Å². The van der Waals surface area contributed by atoms with Gasteiger partial charge < -0.3 is 10.1 Å². The second kappa shape index (κ2) is 12.9. The molecule has 11 heteroatoms. The lowest BCUT2D eigenvalue weighted by Gasteiger charge is -2.14. The highest BCUT2D eigenvalue weighted by Gasteiger charge is 2.19. The zero-order valence-corrected chi connectivity index (χ0v) is 18.4. The van der Waals surface area contributed by atoms with Crippen molar-refractivity contribution in [1.82, 2.24) is 5.43 Å². The van der Waals surface area contributed by atoms with E-state index in [1.165, 1.54) is 25.3 Å². The van der Waals surface area contributed by atoms with Crippen LogP contribution in [-0.4, -0.2) is 29.7 Å². The van der Waals surface area contributed by atoms with Crippen molar-refractivity contribution in [2.24, 2.45) is 5.10 Å². The predicted octanol–water partition coefficient (Wildman–Crippen LogP) is 3.79. The molecule has 0 bridgehead atoms. The van der Waals surface area contributed by atoms with Gasteiger partial charge in [-0.2, -0.15) is 15.6 Å². The number of nitrogens with zero attached hydrogens (tertiary/aromatic N) is 4. The molecule has 0 radical (unpaired) electrons. The van der Waals surface area contributed by atoms with Crippen molar-refractivity contribution in [3.05, 3.63) is 69.8 Å². The number of rotatable bonds is 10. The van der Waals surface area contributed by atoms with Crippen molar-refractivity contribution in [1.29, 1.82) is 10.5 Å². The fourth-order valence-corrected chi connectivity index (χ4v) is 3.04. The maximum atomic E-state index is 12.3. The van der Waals surface area contributed by atoms with Crippen LogP contribution in [-0.2, 0) is 16.0 Å². The number of nitrogens with one attached hydrogen (secondary N) is 2. The van der Waals surface area contributed by atoms with Gasteiger partial charge in [-0.3, -0.25) is 14.9 Å². The zero-order valence-electron chi connectivity index (χ0n) is 18.4. The topological polar surface area (TPSA) is 171 Å². The SMILES string of the molecule is COC(=O)N/N=C(\CCCC(=O)Nc1cccc([N+](=O)[O-])c1)C(C#N)c1ccc(CC#N)cc1. The van der Waals surface area contributed by atoms with Gasteiger partial charge in [0.15, 0.2) is 0 Å². The summed E-state index contributed by atoms with van der Waals surface area (Å²) in [6.07, 6.45) is 0.000722. The molecule has 34 heavy (non-hydrogen) atoms. The second-order valence-electron chi connectivity index (χ2n) is 7.05. The summed E-state index contributed by atoms with van der Waals surface area (Å²) >= 11 is 0. The number of hydrazone groups is 1. The van der Waals surface area contributed by atoms with Gasteiger partial charge in [-0.05, 0) is 30.0 Å². The molecule has 0 fully saturated rings. The summed E-state index contributed by atoms with van der Waals surface area (Å²) in [6.45, 7) is 0. The lowest BCUT2D eigenvalue weighted by molar-refractivity contribution is -0.384. The number of hydrogen-bond acceptors (Lipinski definition) is 8. The number of anilines is 1. The number of carbonyl (C=O) groups is 2. The van der Waals surface area contributed by atoms with Crippen LogP contribution in [0, 0.1) is 32.8 Å². The van der Waals surface area contributed by atoms with E-state index in [-0.39, 0.29) is 30.9 Å². The average Bonchev–Trinajstić information content (AvgIpc) is 2.83. The minimum absolute atomic E-state index is 0.0548. The molecule has 1 atom stereocenters. The Balaban J connectivity index is 2.08. The highest BCUT2D eigenvalue weighted by atomic mass is 16.6. The summed E-state index contributed by atoms with van der Waals surface area (Å²) in [5.74, 6) is -1.16. The van der Waals surface area contributed by atoms with Crippen molar-refractivity contribution >= 4 is 29.1 Å². The summed E-state index contributed by atoms with van der Waals surface area (Å²) in [6, 6.07) is 16.7. The second-order valence-corrected chi connectivity index (χ2v) is 7.05. The van der Waals surface area contributed by atoms with E-state index in [0.29, 0.717) is 23.4 Å². The van der Waals surface area contributed by atoms with Gasteiger partial charge in [-0.1, -0.05) is 30.3 Å². The van der Waals surface area contributed by atoms with Crippen molar-refractivity contribution in [3.8, 4) is 12.1 Å². The first kappa shape index (κ1) is 25.5. The number of ether oxygens (including phenoxy) is 1. The first-order chi connectivity index (χ1) is 16.4. The summed E-state index contributed by atoms with van der Waals surface area (Å²) < 4.78 is 4.52. The highest BCUT2D eigenvalue weighted by Crippen LogP contribution is 2.22. The average molecular weight is 462 g/mol. The Kier molecular flexibility index (Phi) is 9.70. The predicted molar refractivity (Wildman–Crippen MR) is 123 cm³/mol. The Bertz CT molecular complexity index is 1150. The normalized spacial score (nSPS) is 11.4. The molecule has 2 amide bonds. The van der Waals surface area contributed by atoms with Crippen LogP contribution in [0.3, 0.4) is 0 Å². The molecule has 0 aliphatic carbocycles. The quantitative estimate of drug-likeness (QED) is 0.307. The summed E-state index contributed by atoms with van der Waals surface area (Å²) in [7, 11) is 1.18. The van der Waals surface area contributed by atoms with E-state index in [2.05, 4.69) is 32.7 Å². The van der Waals surface area contributed by atoms with E-state index < -0.39 is 16.9 Å². The number of carbonyl (C=O) groups excluding carboxylic acids is 2. The molecule has 1 unspecified atom stereocenters. The minimum atomic E-state index is -0.804. The van der Waals surface area contributed by atoms with Gasteiger partial charge in [0, 0.05) is 24.2 Å². The molecule has 0 aliphatic rings. The van der Waals surface area contributed by atoms with E-state index in [0.717, 1.165) is 5.56 Å². The number of non-ortho nitro benzene ring substituents is 1. The Hall–Kier alpha value is -4.77. The maximum absolute atomic E-state index is 12.3. The molecule has 0 spiro atoms. The highest BCUT2D eigenvalue weighted by molar-refractivity contribution is 5.95. The number of amides is 2. The van der Waals surface area contributed by atoms with E-state index in [9.17, 15) is 25.0 Å². The Labute approximate surface area is 195 Å². The van der Waals surface area contributed by atoms with Crippen LogP contribution in [0.25, 0.3) is 0 Å². The molecule has 2 aromatic rings. The van der Waals surface area contributed by atoms with Crippen molar-refractivity contribution in [2.45, 2.75) is 31.6 Å². The third-order valence-corrected chi connectivity index (χ3v) is 4.71. The summed E-state index contributed by atoms with van der Waals surface area (Å²) in [4.78, 5) is 34.1. The molecule has 174 valence electrons. The van der Waals surface area contributed by atoms with Crippen LogP contribution in [0.4, 0.5) is 16.2 Å². The third-order valence-electron chi connectivity index (χ3n) is 4.71. The van der Waals surface area contributed by atoms with Crippen molar-refractivity contribution in [2.75, 3.05) is 12.4 Å². The molecule has 0 aromatic heterocycles. The van der Waals surface area contributed by atoms with E-state index in [4.69, 9.17) is 5.26 Å². The zero-order chi connectivity index (χ0) is 24.9. The minimum Gasteiger partial charge on any atom is -0.452 e. The molecule has 2 aromatic carbocycles. The summed E-state index contributed by atoms with van der Waals surface area (Å²) in [5.41, 5.74) is 4.11. The molecule has 11 nitrogen and oxygen atoms in total. The van der Waals surface area contributed by atoms with Crippen LogP contribution in [0.1, 0.15) is 36.3 Å². The Morgan fingerprint density at radius 3 is 2.53 bits per heavy atom. The van der Waals surface area contributed by atoms with Gasteiger partial charge in [0.2, 0.25) is 5.91 Å². The number of nitriles is 2. The number of nitro groups is 1. The first-order valence-electron chi connectivity index (χ1n) is 10.2. The monoisotopic (exact) mass is 462 g/mol. The van der Waals surface area contributed by atoms with E-state index in [1.807, 2.05) is 0 Å². The molecular formula is C23H22N6O5. The van der Waals surface area contributed by atoms with Crippen molar-refractivity contribution < 1.29 is 19.2 Å². The molecule has 0 saturated carbocycles. The van der Waals surface area contributed by atoms with Crippen LogP contribution < -0.4 is 10.7 Å². The van der Waals surface area contributed by atoms with Gasteiger partial charge in [0.25, 0.3) is 5.69 Å². The lowest BCUT2D eigenvalue weighted by Crippen LogP contribution is -2.22. The van der Waals surface area contributed by atoms with Gasteiger partial charge in [-0.25, -0.2) is 10.2 Å². The van der Waals surface area contributed by atoms with Gasteiger partial charge in [-0.15, -0.1) is 0 Å². The van der Waals surface area contributed by atoms with Crippen LogP contribution >= 0.6 is 0 Å². The van der Waals surface area contributed by atoms with E-state index >= 15 is 0 Å². The molecule has 0 aliphatic heterocycles. The fourth-order valence-electron chi connectivity index (χ4n) is 3.04. The smallest absolute Gasteiger partial charge is 0.427 e. The standard InChI is InChI=1S/C23H22N6O5/c1-34-23(31)28-27-21(20(15-25)17-10-8-16(9-11-17)12-13-24)6-3-7-22(30)26-18-4-2-5-19(14-18)29(32)33/h2,4-5,8-11,14,20H,3,6-7,12H2,1H3,(H,26,30)(H,28,31)/b27-21+.